The minimum atomic E-state index is -0.719. The number of ketones is 2. The van der Waals surface area contributed by atoms with Crippen LogP contribution in [0.4, 0.5) is 0 Å². The summed E-state index contributed by atoms with van der Waals surface area (Å²) in [4.78, 5) is 48.4. The number of allylic oxidation sites excluding steroid dienone is 20. The second-order valence-corrected chi connectivity index (χ2v) is 14.6. The Morgan fingerprint density at radius 2 is 0.840 bits per heavy atom. The van der Waals surface area contributed by atoms with Crippen LogP contribution in [-0.2, 0) is 28.7 Å². The molecule has 0 aromatic heterocycles. The van der Waals surface area contributed by atoms with Gasteiger partial charge in [-0.1, -0.05) is 135 Å². The molecule has 0 spiro atoms. The van der Waals surface area contributed by atoms with Gasteiger partial charge in [0.05, 0.1) is 0 Å². The number of esters is 2. The number of carbonyl (C=O) groups excluding carboxylic acids is 4. The molecule has 6 heteroatoms. The third-order valence-electron chi connectivity index (χ3n) is 8.89. The van der Waals surface area contributed by atoms with E-state index in [2.05, 4.69) is 27.7 Å². The molecule has 2 unspecified atom stereocenters. The first-order valence-electron chi connectivity index (χ1n) is 17.2. The normalized spacial score (nSPS) is 22.7. The average Bonchev–Trinajstić information content (AvgIpc) is 2.99. The van der Waals surface area contributed by atoms with Crippen molar-refractivity contribution >= 4 is 23.5 Å². The third-order valence-corrected chi connectivity index (χ3v) is 8.89. The first kappa shape index (κ1) is 41.6. The van der Waals surface area contributed by atoms with E-state index in [1.165, 1.54) is 13.8 Å². The van der Waals surface area contributed by atoms with E-state index < -0.39 is 24.1 Å². The van der Waals surface area contributed by atoms with Crippen LogP contribution in [0.25, 0.3) is 0 Å². The molecule has 2 atom stereocenters. The summed E-state index contributed by atoms with van der Waals surface area (Å²) in [5.74, 6) is -1.13. The van der Waals surface area contributed by atoms with Crippen LogP contribution >= 0.6 is 0 Å². The highest BCUT2D eigenvalue weighted by molar-refractivity contribution is 6.02. The van der Waals surface area contributed by atoms with Gasteiger partial charge in [0.25, 0.3) is 0 Å². The molecule has 268 valence electrons. The van der Waals surface area contributed by atoms with Crippen LogP contribution in [0.5, 0.6) is 0 Å². The van der Waals surface area contributed by atoms with E-state index >= 15 is 0 Å². The summed E-state index contributed by atoms with van der Waals surface area (Å²) in [6, 6.07) is 0. The molecule has 0 aliphatic heterocycles. The van der Waals surface area contributed by atoms with Crippen molar-refractivity contribution in [3.63, 3.8) is 0 Å². The molecule has 50 heavy (non-hydrogen) atoms. The van der Waals surface area contributed by atoms with Crippen molar-refractivity contribution in [2.75, 3.05) is 0 Å². The predicted octanol–water partition coefficient (Wildman–Crippen LogP) is 10.0. The lowest BCUT2D eigenvalue weighted by Gasteiger charge is -2.36. The predicted molar refractivity (Wildman–Crippen MR) is 204 cm³/mol. The van der Waals surface area contributed by atoms with Gasteiger partial charge < -0.3 is 9.47 Å². The fourth-order valence-electron chi connectivity index (χ4n) is 6.16. The standard InChI is InChI=1S/C44H56O6/c1-29(19-15-21-31(3)23-25-37-33(5)41(47)39(49-35(7)45)27-43(37,9)10)17-13-14-18-30(2)20-16-22-32(4)24-26-38-34(6)42(48)40(50-36(8)46)28-44(38,11)12/h13-26,39-40H,27-28H2,1-12H3/b14-13-,19-15+,20-16+,25-23+,26-24+,29-17-,30-18+,31-21+,32-22+. The SMILES string of the molecule is CC(=O)OC1CC(C)(C)C(/C=C/C(C)=C/C=C/C(C)=C\C=C/C=C(C)/C=C/C=C(C)/C=C/C2=C(C)C(=O)C(OC(C)=O)CC2(C)C)=C(C)C1=O. The van der Waals surface area contributed by atoms with Gasteiger partial charge in [-0.25, -0.2) is 0 Å². The van der Waals surface area contributed by atoms with Crippen LogP contribution in [0.1, 0.15) is 95.9 Å². The van der Waals surface area contributed by atoms with Gasteiger partial charge in [-0.3, -0.25) is 19.2 Å². The number of ether oxygens (including phenoxy) is 2. The second kappa shape index (κ2) is 18.4. The molecule has 0 aromatic carbocycles. The molecule has 0 saturated carbocycles. The first-order valence-corrected chi connectivity index (χ1v) is 17.2. The highest BCUT2D eigenvalue weighted by Crippen LogP contribution is 2.42. The van der Waals surface area contributed by atoms with Gasteiger partial charge in [0.2, 0.25) is 0 Å². The van der Waals surface area contributed by atoms with Crippen molar-refractivity contribution in [2.24, 2.45) is 10.8 Å². The highest BCUT2D eigenvalue weighted by Gasteiger charge is 2.40. The Morgan fingerprint density at radius 3 is 1.16 bits per heavy atom. The Morgan fingerprint density at radius 1 is 0.540 bits per heavy atom. The Labute approximate surface area is 300 Å². The lowest BCUT2D eigenvalue weighted by atomic mass is 9.71. The van der Waals surface area contributed by atoms with E-state index in [4.69, 9.17) is 9.47 Å². The first-order chi connectivity index (χ1) is 23.2. The van der Waals surface area contributed by atoms with E-state index in [0.717, 1.165) is 33.4 Å². The lowest BCUT2D eigenvalue weighted by molar-refractivity contribution is -0.154. The molecule has 2 aliphatic carbocycles. The van der Waals surface area contributed by atoms with Gasteiger partial charge in [-0.15, -0.1) is 0 Å². The summed E-state index contributed by atoms with van der Waals surface area (Å²) in [6.45, 7) is 22.7. The van der Waals surface area contributed by atoms with Crippen LogP contribution in [0.15, 0.2) is 130 Å². The monoisotopic (exact) mass is 680 g/mol. The Kier molecular flexibility index (Phi) is 15.3. The summed E-state index contributed by atoms with van der Waals surface area (Å²) in [5.41, 5.74) is 6.94. The summed E-state index contributed by atoms with van der Waals surface area (Å²) < 4.78 is 10.5. The van der Waals surface area contributed by atoms with Crippen molar-refractivity contribution < 1.29 is 28.7 Å². The number of hydrogen-bond acceptors (Lipinski definition) is 6. The fraction of sp³-hybridized carbons (Fsp3) is 0.409. The van der Waals surface area contributed by atoms with Crippen LogP contribution in [-0.4, -0.2) is 35.7 Å². The maximum atomic E-state index is 12.8. The molecule has 2 aliphatic rings. The maximum absolute atomic E-state index is 12.8. The van der Waals surface area contributed by atoms with Crippen molar-refractivity contribution in [3.8, 4) is 0 Å². The second-order valence-electron chi connectivity index (χ2n) is 14.6. The Balaban J connectivity index is 1.98. The molecule has 0 amide bonds. The number of rotatable bonds is 12. The molecule has 0 N–H and O–H groups in total. The lowest BCUT2D eigenvalue weighted by Crippen LogP contribution is -2.38. The minimum Gasteiger partial charge on any atom is -0.454 e. The minimum absolute atomic E-state index is 0.127. The molecule has 0 fully saturated rings. The van der Waals surface area contributed by atoms with Gasteiger partial charge in [-0.2, -0.15) is 0 Å². The topological polar surface area (TPSA) is 86.7 Å². The van der Waals surface area contributed by atoms with Crippen molar-refractivity contribution in [2.45, 2.75) is 108 Å². The van der Waals surface area contributed by atoms with Gasteiger partial charge in [0, 0.05) is 26.7 Å². The van der Waals surface area contributed by atoms with Crippen LogP contribution in [0.2, 0.25) is 0 Å². The van der Waals surface area contributed by atoms with Gasteiger partial charge in [0.15, 0.2) is 23.8 Å². The number of carbonyl (C=O) groups is 4. The summed E-state index contributed by atoms with van der Waals surface area (Å²) >= 11 is 0. The molecular weight excluding hydrogens is 624 g/mol. The Bertz CT molecular complexity index is 1560. The summed E-state index contributed by atoms with van der Waals surface area (Å²) in [6.07, 6.45) is 27.8. The average molecular weight is 681 g/mol. The van der Waals surface area contributed by atoms with Crippen molar-refractivity contribution in [1.29, 1.82) is 0 Å². The Hall–Kier alpha value is -4.58. The van der Waals surface area contributed by atoms with E-state index in [9.17, 15) is 19.2 Å². The maximum Gasteiger partial charge on any atom is 0.303 e. The van der Waals surface area contributed by atoms with Gasteiger partial charge in [-0.05, 0) is 74.7 Å². The zero-order valence-electron chi connectivity index (χ0n) is 32.1. The van der Waals surface area contributed by atoms with E-state index in [0.29, 0.717) is 24.0 Å². The molecule has 0 heterocycles. The van der Waals surface area contributed by atoms with Crippen LogP contribution < -0.4 is 0 Å². The molecule has 2 rings (SSSR count). The largest absolute Gasteiger partial charge is 0.454 e. The zero-order valence-corrected chi connectivity index (χ0v) is 32.1. The van der Waals surface area contributed by atoms with E-state index in [-0.39, 0.29) is 22.4 Å². The zero-order chi connectivity index (χ0) is 37.8. The molecular formula is C44H56O6. The molecule has 0 radical (unpaired) electrons. The number of hydrogen-bond donors (Lipinski definition) is 0. The highest BCUT2D eigenvalue weighted by atomic mass is 16.5. The summed E-state index contributed by atoms with van der Waals surface area (Å²) in [7, 11) is 0. The molecule has 6 nitrogen and oxygen atoms in total. The number of Topliss-reactive ketones (excluding diaryl/α,β-unsaturated/α-hetero) is 2. The third kappa shape index (κ3) is 12.7. The van der Waals surface area contributed by atoms with Crippen LogP contribution in [0.3, 0.4) is 0 Å². The smallest absolute Gasteiger partial charge is 0.303 e. The van der Waals surface area contributed by atoms with Gasteiger partial charge in [0.1, 0.15) is 0 Å². The van der Waals surface area contributed by atoms with Gasteiger partial charge >= 0.3 is 11.9 Å². The van der Waals surface area contributed by atoms with Crippen molar-refractivity contribution in [1.82, 2.24) is 0 Å². The fourth-order valence-corrected chi connectivity index (χ4v) is 6.16. The van der Waals surface area contributed by atoms with E-state index in [1.807, 2.05) is 113 Å². The van der Waals surface area contributed by atoms with E-state index in [1.54, 1.807) is 13.8 Å². The van der Waals surface area contributed by atoms with Crippen LogP contribution in [0, 0.1) is 10.8 Å². The van der Waals surface area contributed by atoms with Crippen molar-refractivity contribution in [3.05, 3.63) is 130 Å². The quantitative estimate of drug-likeness (QED) is 0.151. The molecule has 0 aromatic rings. The summed E-state index contributed by atoms with van der Waals surface area (Å²) in [5, 5.41) is 0. The molecule has 0 saturated heterocycles. The molecule has 0 bridgehead atoms.